The molecule has 0 unspecified atom stereocenters. The summed E-state index contributed by atoms with van der Waals surface area (Å²) in [6.45, 7) is 3.03. The summed E-state index contributed by atoms with van der Waals surface area (Å²) in [7, 11) is -3.62. The number of benzene rings is 2. The lowest BCUT2D eigenvalue weighted by Gasteiger charge is -2.19. The van der Waals surface area contributed by atoms with E-state index < -0.39 is 32.0 Å². The van der Waals surface area contributed by atoms with Gasteiger partial charge in [-0.3, -0.25) is 0 Å². The molecular formula is C16H15ClF2O2S. The van der Waals surface area contributed by atoms with Gasteiger partial charge in [0.05, 0.1) is 10.5 Å². The molecule has 2 aromatic rings. The second-order valence-electron chi connectivity index (χ2n) is 5.10. The zero-order valence-corrected chi connectivity index (χ0v) is 13.6. The molecule has 0 radical (unpaired) electrons. The highest BCUT2D eigenvalue weighted by molar-refractivity contribution is 7.91. The molecule has 0 aromatic heterocycles. The third kappa shape index (κ3) is 3.31. The predicted molar refractivity (Wildman–Crippen MR) is 83.6 cm³/mol. The largest absolute Gasteiger partial charge is 0.228 e. The summed E-state index contributed by atoms with van der Waals surface area (Å²) in [6, 6.07) is 9.66. The zero-order chi connectivity index (χ0) is 16.5. The van der Waals surface area contributed by atoms with Gasteiger partial charge in [0.2, 0.25) is 0 Å². The molecule has 2 nitrogen and oxygen atoms in total. The van der Waals surface area contributed by atoms with Gasteiger partial charge >= 0.3 is 0 Å². The van der Waals surface area contributed by atoms with Gasteiger partial charge in [-0.2, -0.15) is 0 Å². The van der Waals surface area contributed by atoms with Gasteiger partial charge in [-0.05, 0) is 49.2 Å². The van der Waals surface area contributed by atoms with E-state index in [9.17, 15) is 17.2 Å². The maximum Gasteiger partial charge on any atom is 0.163 e. The maximum atomic E-state index is 13.3. The molecule has 0 saturated carbocycles. The van der Waals surface area contributed by atoms with Crippen LogP contribution >= 0.6 is 11.6 Å². The van der Waals surface area contributed by atoms with Crippen LogP contribution in [-0.4, -0.2) is 8.42 Å². The van der Waals surface area contributed by atoms with Gasteiger partial charge in [0.25, 0.3) is 0 Å². The first-order chi connectivity index (χ1) is 10.2. The minimum Gasteiger partial charge on any atom is -0.228 e. The fourth-order valence-electron chi connectivity index (χ4n) is 2.18. The Morgan fingerprint density at radius 1 is 0.864 bits per heavy atom. The van der Waals surface area contributed by atoms with Crippen LogP contribution in [0.25, 0.3) is 0 Å². The monoisotopic (exact) mass is 344 g/mol. The van der Waals surface area contributed by atoms with Crippen LogP contribution in [0.5, 0.6) is 0 Å². The predicted octanol–water partition coefficient (Wildman–Crippen LogP) is 4.86. The van der Waals surface area contributed by atoms with E-state index in [4.69, 9.17) is 11.6 Å². The molecule has 0 bridgehead atoms. The number of hydrogen-bond acceptors (Lipinski definition) is 2. The quantitative estimate of drug-likeness (QED) is 0.794. The molecule has 0 N–H and O–H groups in total. The van der Waals surface area contributed by atoms with Crippen molar-refractivity contribution in [2.75, 3.05) is 0 Å². The van der Waals surface area contributed by atoms with Crippen molar-refractivity contribution >= 4 is 21.4 Å². The lowest BCUT2D eigenvalue weighted by Crippen LogP contribution is -2.17. The van der Waals surface area contributed by atoms with Crippen molar-refractivity contribution in [3.8, 4) is 0 Å². The SMILES string of the molecule is C[C@H](c1ccc(Cl)cc1)S(=O)(=O)[C@H](C)c1ccc(F)c(F)c1. The zero-order valence-electron chi connectivity index (χ0n) is 12.1. The summed E-state index contributed by atoms with van der Waals surface area (Å²) in [5, 5.41) is -1.22. The molecule has 0 aliphatic carbocycles. The normalized spacial score (nSPS) is 14.6. The van der Waals surface area contributed by atoms with Gasteiger partial charge in [-0.15, -0.1) is 0 Å². The molecule has 0 saturated heterocycles. The highest BCUT2D eigenvalue weighted by Gasteiger charge is 2.30. The van der Waals surface area contributed by atoms with Gasteiger partial charge in [0.15, 0.2) is 21.5 Å². The van der Waals surface area contributed by atoms with E-state index in [1.165, 1.54) is 13.0 Å². The van der Waals surface area contributed by atoms with E-state index >= 15 is 0 Å². The minimum absolute atomic E-state index is 0.222. The average molecular weight is 345 g/mol. The Balaban J connectivity index is 2.35. The van der Waals surface area contributed by atoms with Crippen LogP contribution < -0.4 is 0 Å². The molecule has 0 aliphatic rings. The number of rotatable bonds is 4. The number of sulfone groups is 1. The topological polar surface area (TPSA) is 34.1 Å². The summed E-state index contributed by atoms with van der Waals surface area (Å²) in [5.41, 5.74) is 0.818. The van der Waals surface area contributed by atoms with Gasteiger partial charge in [-0.25, -0.2) is 17.2 Å². The van der Waals surface area contributed by atoms with E-state index in [0.717, 1.165) is 12.1 Å². The summed E-state index contributed by atoms with van der Waals surface area (Å²) >= 11 is 5.79. The van der Waals surface area contributed by atoms with Crippen molar-refractivity contribution in [1.82, 2.24) is 0 Å². The van der Waals surface area contributed by atoms with Gasteiger partial charge in [-0.1, -0.05) is 29.8 Å². The lowest BCUT2D eigenvalue weighted by atomic mass is 10.1. The van der Waals surface area contributed by atoms with Crippen LogP contribution in [0.3, 0.4) is 0 Å². The minimum atomic E-state index is -3.62. The molecule has 0 amide bonds. The summed E-state index contributed by atoms with van der Waals surface area (Å²) in [6.07, 6.45) is 0. The molecule has 0 aliphatic heterocycles. The van der Waals surface area contributed by atoms with Crippen molar-refractivity contribution < 1.29 is 17.2 Å². The lowest BCUT2D eigenvalue weighted by molar-refractivity contribution is 0.506. The van der Waals surface area contributed by atoms with Crippen molar-refractivity contribution in [1.29, 1.82) is 0 Å². The third-order valence-corrected chi connectivity index (χ3v) is 6.51. The van der Waals surface area contributed by atoms with Crippen LogP contribution in [0.4, 0.5) is 8.78 Å². The molecule has 2 rings (SSSR count). The molecule has 0 spiro atoms. The van der Waals surface area contributed by atoms with Crippen LogP contribution in [0.2, 0.25) is 5.02 Å². The Hall–Kier alpha value is -1.46. The Morgan fingerprint density at radius 2 is 1.36 bits per heavy atom. The van der Waals surface area contributed by atoms with Crippen LogP contribution in [0.15, 0.2) is 42.5 Å². The van der Waals surface area contributed by atoms with Crippen LogP contribution in [-0.2, 0) is 9.84 Å². The second-order valence-corrected chi connectivity index (χ2v) is 8.13. The van der Waals surface area contributed by atoms with E-state index in [1.807, 2.05) is 0 Å². The van der Waals surface area contributed by atoms with Gasteiger partial charge < -0.3 is 0 Å². The smallest absolute Gasteiger partial charge is 0.163 e. The first-order valence-corrected chi connectivity index (χ1v) is 8.65. The average Bonchev–Trinajstić information content (AvgIpc) is 2.49. The number of halogens is 3. The summed E-state index contributed by atoms with van der Waals surface area (Å²) in [4.78, 5) is 0. The van der Waals surface area contributed by atoms with E-state index in [0.29, 0.717) is 10.6 Å². The molecular weight excluding hydrogens is 330 g/mol. The molecule has 6 heteroatoms. The first kappa shape index (κ1) is 16.9. The Bertz CT molecular complexity index is 773. The van der Waals surface area contributed by atoms with Crippen molar-refractivity contribution in [2.45, 2.75) is 24.3 Å². The second kappa shape index (κ2) is 6.34. The summed E-state index contributed by atoms with van der Waals surface area (Å²) in [5.74, 6) is -2.06. The molecule has 22 heavy (non-hydrogen) atoms. The molecule has 2 atom stereocenters. The summed E-state index contributed by atoms with van der Waals surface area (Å²) < 4.78 is 51.6. The Kier molecular flexibility index (Phi) is 4.87. The highest BCUT2D eigenvalue weighted by Crippen LogP contribution is 2.34. The maximum absolute atomic E-state index is 13.3. The third-order valence-electron chi connectivity index (χ3n) is 3.74. The van der Waals surface area contributed by atoms with E-state index in [-0.39, 0.29) is 5.56 Å². The Labute approximate surface area is 133 Å². The van der Waals surface area contributed by atoms with Crippen molar-refractivity contribution in [3.63, 3.8) is 0 Å². The molecule has 118 valence electrons. The van der Waals surface area contributed by atoms with Crippen molar-refractivity contribution in [3.05, 3.63) is 70.2 Å². The van der Waals surface area contributed by atoms with Crippen LogP contribution in [0.1, 0.15) is 35.5 Å². The highest BCUT2D eigenvalue weighted by atomic mass is 35.5. The molecule has 0 heterocycles. The first-order valence-electron chi connectivity index (χ1n) is 6.66. The molecule has 0 fully saturated rings. The van der Waals surface area contributed by atoms with Crippen LogP contribution in [0, 0.1) is 11.6 Å². The standard InChI is InChI=1S/C16H15ClF2O2S/c1-10(12-3-6-14(17)7-4-12)22(20,21)11(2)13-5-8-15(18)16(19)9-13/h3-11H,1-2H3/t10-,11-/m1/s1. The fourth-order valence-corrected chi connectivity index (χ4v) is 3.99. The fraction of sp³-hybridized carbons (Fsp3) is 0.250. The van der Waals surface area contributed by atoms with Crippen molar-refractivity contribution in [2.24, 2.45) is 0 Å². The van der Waals surface area contributed by atoms with Gasteiger partial charge in [0, 0.05) is 5.02 Å². The van der Waals surface area contributed by atoms with E-state index in [2.05, 4.69) is 0 Å². The number of hydrogen-bond donors (Lipinski definition) is 0. The molecule has 2 aromatic carbocycles. The van der Waals surface area contributed by atoms with Gasteiger partial charge in [0.1, 0.15) is 0 Å². The Morgan fingerprint density at radius 3 is 1.91 bits per heavy atom. The van der Waals surface area contributed by atoms with E-state index in [1.54, 1.807) is 31.2 Å².